The molecule has 44 heavy (non-hydrogen) atoms. The number of amides is 1. The van der Waals surface area contributed by atoms with Gasteiger partial charge >= 0.3 is 11.7 Å². The van der Waals surface area contributed by atoms with Crippen molar-refractivity contribution in [2.45, 2.75) is 64.7 Å². The van der Waals surface area contributed by atoms with Crippen LogP contribution in [0.15, 0.2) is 59.6 Å². The van der Waals surface area contributed by atoms with Gasteiger partial charge in [-0.1, -0.05) is 80.7 Å². The predicted octanol–water partition coefficient (Wildman–Crippen LogP) is 7.64. The zero-order valence-electron chi connectivity index (χ0n) is 24.6. The average molecular weight is 637 g/mol. The summed E-state index contributed by atoms with van der Waals surface area (Å²) in [6.07, 6.45) is 11.6. The standard InChI is InChI=1S/C32H36N4O6S2/c1-2-42-27-18-17-23(20-26(27)36(40)41)30-24(22-35(33-30)25-14-10-9-11-15-25)21-28-31(39)34(32(43)44-28)19-13-8-6-4-3-5-7-12-16-29(37)38/h9-11,14-15,17-18,20-22H,2-8,12-13,16,19H2,1H3,(H,37,38). The first kappa shape index (κ1) is 32.9. The van der Waals surface area contributed by atoms with Crippen LogP contribution >= 0.6 is 24.0 Å². The molecule has 3 aromatic rings. The summed E-state index contributed by atoms with van der Waals surface area (Å²) in [6.45, 7) is 2.61. The molecule has 1 aliphatic rings. The lowest BCUT2D eigenvalue weighted by molar-refractivity contribution is -0.385. The quantitative estimate of drug-likeness (QED) is 0.0522. The average Bonchev–Trinajstić information content (AvgIpc) is 3.54. The number of aromatic nitrogens is 2. The summed E-state index contributed by atoms with van der Waals surface area (Å²) < 4.78 is 7.65. The van der Waals surface area contributed by atoms with Gasteiger partial charge in [-0.25, -0.2) is 4.68 Å². The van der Waals surface area contributed by atoms with Gasteiger partial charge in [0.2, 0.25) is 0 Å². The summed E-state index contributed by atoms with van der Waals surface area (Å²) in [5.74, 6) is -0.714. The molecule has 1 aliphatic heterocycles. The smallest absolute Gasteiger partial charge is 0.311 e. The second-order valence-electron chi connectivity index (χ2n) is 10.4. The third-order valence-corrected chi connectivity index (χ3v) is 8.55. The molecule has 1 saturated heterocycles. The number of nitrogens with zero attached hydrogens (tertiary/aromatic N) is 4. The Hall–Kier alpha value is -4.03. The molecule has 0 spiro atoms. The summed E-state index contributed by atoms with van der Waals surface area (Å²) in [5, 5.41) is 25.3. The zero-order valence-corrected chi connectivity index (χ0v) is 26.3. The molecule has 1 aromatic heterocycles. The number of aliphatic carboxylic acids is 1. The fourth-order valence-electron chi connectivity index (χ4n) is 4.96. The van der Waals surface area contributed by atoms with E-state index in [4.69, 9.17) is 27.2 Å². The van der Waals surface area contributed by atoms with E-state index in [2.05, 4.69) is 0 Å². The molecule has 0 unspecified atom stereocenters. The van der Waals surface area contributed by atoms with Gasteiger partial charge in [0, 0.05) is 36.4 Å². The number of ether oxygens (including phenoxy) is 1. The molecular formula is C32H36N4O6S2. The molecule has 4 rings (SSSR count). The maximum Gasteiger partial charge on any atom is 0.311 e. The first-order valence-electron chi connectivity index (χ1n) is 14.8. The van der Waals surface area contributed by atoms with Crippen molar-refractivity contribution < 1.29 is 24.4 Å². The molecule has 10 nitrogen and oxygen atoms in total. The van der Waals surface area contributed by atoms with Crippen molar-refractivity contribution in [3.63, 3.8) is 0 Å². The van der Waals surface area contributed by atoms with Gasteiger partial charge in [-0.3, -0.25) is 24.6 Å². The molecule has 0 radical (unpaired) electrons. The van der Waals surface area contributed by atoms with Crippen LogP contribution in [-0.4, -0.2) is 54.1 Å². The minimum atomic E-state index is -0.739. The van der Waals surface area contributed by atoms with Crippen molar-refractivity contribution in [1.29, 1.82) is 0 Å². The van der Waals surface area contributed by atoms with E-state index in [9.17, 15) is 19.7 Å². The summed E-state index contributed by atoms with van der Waals surface area (Å²) in [6, 6.07) is 14.2. The van der Waals surface area contributed by atoms with Gasteiger partial charge < -0.3 is 9.84 Å². The van der Waals surface area contributed by atoms with Crippen molar-refractivity contribution in [3.8, 4) is 22.7 Å². The lowest BCUT2D eigenvalue weighted by Gasteiger charge is -2.14. The van der Waals surface area contributed by atoms with E-state index >= 15 is 0 Å². The van der Waals surface area contributed by atoms with Crippen LogP contribution in [0.3, 0.4) is 0 Å². The Labute approximate surface area is 266 Å². The fraction of sp³-hybridized carbons (Fsp3) is 0.375. The molecular weight excluding hydrogens is 601 g/mol. The minimum absolute atomic E-state index is 0.158. The second kappa shape index (κ2) is 16.2. The molecule has 1 fully saturated rings. The van der Waals surface area contributed by atoms with Crippen LogP contribution in [0, 0.1) is 10.1 Å². The third kappa shape index (κ3) is 8.76. The van der Waals surface area contributed by atoms with Crippen LogP contribution < -0.4 is 4.74 Å². The predicted molar refractivity (Wildman–Crippen MR) is 176 cm³/mol. The number of nitro benzene ring substituents is 1. The summed E-state index contributed by atoms with van der Waals surface area (Å²) in [7, 11) is 0. The zero-order chi connectivity index (χ0) is 31.5. The Balaban J connectivity index is 1.47. The van der Waals surface area contributed by atoms with Crippen LogP contribution in [-0.2, 0) is 9.59 Å². The summed E-state index contributed by atoms with van der Waals surface area (Å²) >= 11 is 6.80. The van der Waals surface area contributed by atoms with Crippen molar-refractivity contribution in [2.75, 3.05) is 13.2 Å². The van der Waals surface area contributed by atoms with Gasteiger partial charge in [-0.2, -0.15) is 5.10 Å². The van der Waals surface area contributed by atoms with Gasteiger partial charge in [0.05, 0.1) is 22.1 Å². The third-order valence-electron chi connectivity index (χ3n) is 7.17. The number of thioether (sulfide) groups is 1. The van der Waals surface area contributed by atoms with Crippen molar-refractivity contribution in [2.24, 2.45) is 0 Å². The van der Waals surface area contributed by atoms with Crippen LogP contribution in [0.5, 0.6) is 5.75 Å². The van der Waals surface area contributed by atoms with Crippen molar-refractivity contribution >= 4 is 51.9 Å². The highest BCUT2D eigenvalue weighted by atomic mass is 32.2. The first-order valence-corrected chi connectivity index (χ1v) is 16.0. The number of nitro groups is 1. The van der Waals surface area contributed by atoms with Gasteiger partial charge in [0.15, 0.2) is 5.75 Å². The van der Waals surface area contributed by atoms with Gasteiger partial charge in [0.25, 0.3) is 5.91 Å². The van der Waals surface area contributed by atoms with Crippen LogP contribution in [0.25, 0.3) is 23.0 Å². The number of hydrogen-bond donors (Lipinski definition) is 1. The number of carboxylic acids is 1. The number of carbonyl (C=O) groups is 2. The Morgan fingerprint density at radius 3 is 2.41 bits per heavy atom. The lowest BCUT2D eigenvalue weighted by atomic mass is 10.1. The second-order valence-corrected chi connectivity index (χ2v) is 12.1. The van der Waals surface area contributed by atoms with E-state index in [0.717, 1.165) is 57.1 Å². The number of unbranched alkanes of at least 4 members (excludes halogenated alkanes) is 7. The number of thiocarbonyl (C=S) groups is 1. The molecule has 232 valence electrons. The molecule has 12 heteroatoms. The van der Waals surface area contributed by atoms with Crippen molar-refractivity contribution in [1.82, 2.24) is 14.7 Å². The molecule has 2 aromatic carbocycles. The number of carboxylic acid groups (broad SMARTS) is 1. The van der Waals surface area contributed by atoms with Crippen LogP contribution in [0.2, 0.25) is 0 Å². The number of hydrogen-bond acceptors (Lipinski definition) is 8. The number of para-hydroxylation sites is 1. The van der Waals surface area contributed by atoms with E-state index in [1.807, 2.05) is 30.3 Å². The number of benzene rings is 2. The van der Waals surface area contributed by atoms with Gasteiger partial charge in [0.1, 0.15) is 10.0 Å². The molecule has 0 atom stereocenters. The van der Waals surface area contributed by atoms with E-state index in [1.165, 1.54) is 17.8 Å². The molecule has 1 amide bonds. The topological polar surface area (TPSA) is 128 Å². The van der Waals surface area contributed by atoms with Gasteiger partial charge in [-0.05, 0) is 50.1 Å². The number of rotatable bonds is 17. The fourth-order valence-corrected chi connectivity index (χ4v) is 6.26. The molecule has 0 aliphatic carbocycles. The Bertz CT molecular complexity index is 1520. The van der Waals surface area contributed by atoms with E-state index in [0.29, 0.717) is 39.2 Å². The maximum absolute atomic E-state index is 13.4. The lowest BCUT2D eigenvalue weighted by Crippen LogP contribution is -2.29. The molecule has 2 heterocycles. The normalized spacial score (nSPS) is 14.0. The minimum Gasteiger partial charge on any atom is -0.487 e. The van der Waals surface area contributed by atoms with E-state index in [1.54, 1.807) is 40.9 Å². The maximum atomic E-state index is 13.4. The van der Waals surface area contributed by atoms with E-state index < -0.39 is 10.9 Å². The molecule has 0 saturated carbocycles. The first-order chi connectivity index (χ1) is 21.3. The summed E-state index contributed by atoms with van der Waals surface area (Å²) in [5.41, 5.74) is 2.30. The van der Waals surface area contributed by atoms with Crippen LogP contribution in [0.1, 0.15) is 70.3 Å². The monoisotopic (exact) mass is 636 g/mol. The highest BCUT2D eigenvalue weighted by molar-refractivity contribution is 8.26. The van der Waals surface area contributed by atoms with E-state index in [-0.39, 0.29) is 23.8 Å². The largest absolute Gasteiger partial charge is 0.487 e. The summed E-state index contributed by atoms with van der Waals surface area (Å²) in [4.78, 5) is 37.4. The Morgan fingerprint density at radius 1 is 1.07 bits per heavy atom. The molecule has 1 N–H and O–H groups in total. The highest BCUT2D eigenvalue weighted by Gasteiger charge is 2.32. The number of carbonyl (C=O) groups excluding carboxylic acids is 1. The molecule has 0 bridgehead atoms. The van der Waals surface area contributed by atoms with Gasteiger partial charge in [-0.15, -0.1) is 0 Å². The Kier molecular flexibility index (Phi) is 12.1. The van der Waals surface area contributed by atoms with Crippen molar-refractivity contribution in [3.05, 3.63) is 75.3 Å². The SMILES string of the molecule is CCOc1ccc(-c2nn(-c3ccccc3)cc2C=C2SC(=S)N(CCCCCCCCCCC(=O)O)C2=O)cc1[N+](=O)[O-]. The highest BCUT2D eigenvalue weighted by Crippen LogP contribution is 2.37. The Morgan fingerprint density at radius 2 is 1.75 bits per heavy atom. The van der Waals surface area contributed by atoms with Crippen LogP contribution in [0.4, 0.5) is 5.69 Å².